The Labute approximate surface area is 102 Å². The number of nitrogens with zero attached hydrogens (tertiary/aromatic N) is 1. The molecule has 0 aromatic carbocycles. The summed E-state index contributed by atoms with van der Waals surface area (Å²) in [5.41, 5.74) is 0.0408. The molecule has 1 atom stereocenters. The Hall–Kier alpha value is -0.370. The van der Waals surface area contributed by atoms with Crippen molar-refractivity contribution in [2.24, 2.45) is 5.41 Å². The Kier molecular flexibility index (Phi) is 9.84. The molecular weight excluding hydrogens is 198 g/mol. The predicted octanol–water partition coefficient (Wildman–Crippen LogP) is 3.75. The van der Waals surface area contributed by atoms with Crippen LogP contribution in [-0.4, -0.2) is 29.8 Å². The zero-order valence-corrected chi connectivity index (χ0v) is 12.6. The zero-order chi connectivity index (χ0) is 13.4. The van der Waals surface area contributed by atoms with Gasteiger partial charge in [0, 0.05) is 6.42 Å². The van der Waals surface area contributed by atoms with Crippen LogP contribution in [0, 0.1) is 5.41 Å². The Balaban J connectivity index is 0. The van der Waals surface area contributed by atoms with E-state index < -0.39 is 0 Å². The van der Waals surface area contributed by atoms with Gasteiger partial charge in [-0.1, -0.05) is 55.4 Å². The first-order valence-electron chi connectivity index (χ1n) is 6.65. The van der Waals surface area contributed by atoms with E-state index in [1.165, 1.54) is 0 Å². The largest absolute Gasteiger partial charge is 0.298 e. The molecule has 2 heteroatoms. The predicted molar refractivity (Wildman–Crippen MR) is 72.8 cm³/mol. The van der Waals surface area contributed by atoms with E-state index in [4.69, 9.17) is 0 Å². The van der Waals surface area contributed by atoms with Crippen LogP contribution >= 0.6 is 0 Å². The highest BCUT2D eigenvalue weighted by molar-refractivity contribution is 5.84. The van der Waals surface area contributed by atoms with Crippen LogP contribution in [0.25, 0.3) is 0 Å². The van der Waals surface area contributed by atoms with Crippen molar-refractivity contribution in [1.29, 1.82) is 0 Å². The third-order valence-corrected chi connectivity index (χ3v) is 2.65. The first-order valence-corrected chi connectivity index (χ1v) is 6.65. The molecule has 0 fully saturated rings. The van der Waals surface area contributed by atoms with E-state index in [9.17, 15) is 4.79 Å². The van der Waals surface area contributed by atoms with Crippen molar-refractivity contribution in [3.8, 4) is 0 Å². The van der Waals surface area contributed by atoms with E-state index in [1.54, 1.807) is 0 Å². The lowest BCUT2D eigenvalue weighted by atomic mass is 9.82. The second kappa shape index (κ2) is 8.74. The fraction of sp³-hybridized carbons (Fsp3) is 0.929. The lowest BCUT2D eigenvalue weighted by molar-refractivity contribution is -0.127. The van der Waals surface area contributed by atoms with Gasteiger partial charge in [0.25, 0.3) is 0 Å². The number of rotatable bonds is 5. The summed E-state index contributed by atoms with van der Waals surface area (Å²) < 4.78 is 0. The van der Waals surface area contributed by atoms with Crippen LogP contribution in [0.2, 0.25) is 0 Å². The lowest BCUT2D eigenvalue weighted by Gasteiger charge is -2.38. The van der Waals surface area contributed by atoms with Gasteiger partial charge < -0.3 is 0 Å². The fourth-order valence-electron chi connectivity index (χ4n) is 2.02. The highest BCUT2D eigenvalue weighted by Crippen LogP contribution is 2.25. The minimum absolute atomic E-state index is 0.0408. The standard InChI is InChI=1S/C12H25NO.C2H6/c1-7-10(14)11(12(4,5)6)13(8-2)9-3;1-2/h11H,7-9H2,1-6H3;1-2H3. The van der Waals surface area contributed by atoms with Crippen molar-refractivity contribution in [3.63, 3.8) is 0 Å². The van der Waals surface area contributed by atoms with Crippen molar-refractivity contribution in [2.75, 3.05) is 13.1 Å². The van der Waals surface area contributed by atoms with Crippen molar-refractivity contribution in [3.05, 3.63) is 0 Å². The van der Waals surface area contributed by atoms with Gasteiger partial charge in [0.15, 0.2) is 0 Å². The van der Waals surface area contributed by atoms with E-state index in [-0.39, 0.29) is 11.5 Å². The van der Waals surface area contributed by atoms with Crippen LogP contribution in [0.3, 0.4) is 0 Å². The molecule has 0 aromatic rings. The van der Waals surface area contributed by atoms with E-state index in [0.717, 1.165) is 13.1 Å². The summed E-state index contributed by atoms with van der Waals surface area (Å²) in [6.07, 6.45) is 0.637. The summed E-state index contributed by atoms with van der Waals surface area (Å²) in [5, 5.41) is 0. The number of hydrogen-bond donors (Lipinski definition) is 0. The lowest BCUT2D eigenvalue weighted by Crippen LogP contribution is -2.49. The molecule has 16 heavy (non-hydrogen) atoms. The molecule has 0 aromatic heterocycles. The molecule has 0 saturated carbocycles. The minimum atomic E-state index is 0.0408. The summed E-state index contributed by atoms with van der Waals surface area (Å²) in [5.74, 6) is 0.362. The second-order valence-electron chi connectivity index (χ2n) is 4.81. The summed E-state index contributed by atoms with van der Waals surface area (Å²) >= 11 is 0. The molecule has 0 aliphatic rings. The molecule has 1 unspecified atom stereocenters. The van der Waals surface area contributed by atoms with Crippen molar-refractivity contribution >= 4 is 5.78 Å². The maximum Gasteiger partial charge on any atom is 0.150 e. The average molecular weight is 229 g/mol. The number of carbonyl (C=O) groups excluding carboxylic acids is 1. The smallest absolute Gasteiger partial charge is 0.150 e. The first kappa shape index (κ1) is 18.0. The van der Waals surface area contributed by atoms with E-state index in [2.05, 4.69) is 39.5 Å². The molecule has 0 spiro atoms. The molecule has 0 heterocycles. The monoisotopic (exact) mass is 229 g/mol. The van der Waals surface area contributed by atoms with Crippen LogP contribution < -0.4 is 0 Å². The number of hydrogen-bond acceptors (Lipinski definition) is 2. The van der Waals surface area contributed by atoms with E-state index in [1.807, 2.05) is 20.8 Å². The number of ketones is 1. The molecule has 0 bridgehead atoms. The molecular formula is C14H31NO. The quantitative estimate of drug-likeness (QED) is 0.715. The normalized spacial score (nSPS) is 13.1. The number of likely N-dealkylation sites (N-methyl/N-ethyl adjacent to an activating group) is 1. The van der Waals surface area contributed by atoms with Gasteiger partial charge >= 0.3 is 0 Å². The van der Waals surface area contributed by atoms with Gasteiger partial charge in [-0.15, -0.1) is 0 Å². The van der Waals surface area contributed by atoms with Gasteiger partial charge in [-0.25, -0.2) is 0 Å². The topological polar surface area (TPSA) is 20.3 Å². The van der Waals surface area contributed by atoms with Crippen LogP contribution in [0.5, 0.6) is 0 Å². The van der Waals surface area contributed by atoms with E-state index >= 15 is 0 Å². The highest BCUT2D eigenvalue weighted by atomic mass is 16.1. The van der Waals surface area contributed by atoms with Crippen LogP contribution in [0.4, 0.5) is 0 Å². The van der Waals surface area contributed by atoms with Gasteiger partial charge in [-0.2, -0.15) is 0 Å². The Bertz CT molecular complexity index is 178. The maximum atomic E-state index is 11.9. The van der Waals surface area contributed by atoms with E-state index in [0.29, 0.717) is 12.2 Å². The van der Waals surface area contributed by atoms with Crippen LogP contribution in [0.1, 0.15) is 61.8 Å². The summed E-state index contributed by atoms with van der Waals surface area (Å²) in [6.45, 7) is 18.5. The third kappa shape index (κ3) is 5.64. The van der Waals surface area contributed by atoms with Crippen LogP contribution in [-0.2, 0) is 4.79 Å². The molecule has 2 nitrogen and oxygen atoms in total. The van der Waals surface area contributed by atoms with Gasteiger partial charge in [-0.3, -0.25) is 9.69 Å². The SMILES string of the molecule is CC.CCC(=O)C(N(CC)CC)C(C)(C)C. The number of Topliss-reactive ketones (excluding diaryl/α,β-unsaturated/α-hetero) is 1. The molecule has 0 aliphatic carbocycles. The Morgan fingerprint density at radius 3 is 1.62 bits per heavy atom. The Morgan fingerprint density at radius 1 is 1.06 bits per heavy atom. The van der Waals surface area contributed by atoms with Gasteiger partial charge in [-0.05, 0) is 18.5 Å². The average Bonchev–Trinajstić information content (AvgIpc) is 2.25. The molecule has 0 N–H and O–H groups in total. The van der Waals surface area contributed by atoms with Crippen LogP contribution in [0.15, 0.2) is 0 Å². The fourth-order valence-corrected chi connectivity index (χ4v) is 2.02. The van der Waals surface area contributed by atoms with Crippen molar-refractivity contribution in [2.45, 2.75) is 67.9 Å². The Morgan fingerprint density at radius 2 is 1.44 bits per heavy atom. The van der Waals surface area contributed by atoms with Gasteiger partial charge in [0.2, 0.25) is 0 Å². The first-order chi connectivity index (χ1) is 7.38. The molecule has 0 radical (unpaired) electrons. The molecule has 0 amide bonds. The summed E-state index contributed by atoms with van der Waals surface area (Å²) in [6, 6.07) is 0.0718. The molecule has 0 aliphatic heterocycles. The van der Waals surface area contributed by atoms with Crippen molar-refractivity contribution < 1.29 is 4.79 Å². The third-order valence-electron chi connectivity index (χ3n) is 2.65. The molecule has 0 saturated heterocycles. The number of carbonyl (C=O) groups is 1. The second-order valence-corrected chi connectivity index (χ2v) is 4.81. The van der Waals surface area contributed by atoms with Gasteiger partial charge in [0.05, 0.1) is 6.04 Å². The molecule has 98 valence electrons. The minimum Gasteiger partial charge on any atom is -0.298 e. The maximum absolute atomic E-state index is 11.9. The van der Waals surface area contributed by atoms with Gasteiger partial charge in [0.1, 0.15) is 5.78 Å². The molecule has 0 rings (SSSR count). The highest BCUT2D eigenvalue weighted by Gasteiger charge is 2.33. The summed E-state index contributed by atoms with van der Waals surface area (Å²) in [7, 11) is 0. The zero-order valence-electron chi connectivity index (χ0n) is 12.6. The van der Waals surface area contributed by atoms with Crippen molar-refractivity contribution in [1.82, 2.24) is 4.90 Å². The summed E-state index contributed by atoms with van der Waals surface area (Å²) in [4.78, 5) is 14.1.